The SMILES string of the molecule is CCOC(OCC)C(N)c1ncccc1OC. The van der Waals surface area contributed by atoms with E-state index in [-0.39, 0.29) is 0 Å². The second-order valence-electron chi connectivity index (χ2n) is 3.40. The fraction of sp³-hybridized carbons (Fsp3) is 0.583. The van der Waals surface area contributed by atoms with E-state index in [1.165, 1.54) is 0 Å². The summed E-state index contributed by atoms with van der Waals surface area (Å²) in [5.41, 5.74) is 6.74. The zero-order chi connectivity index (χ0) is 12.7. The first kappa shape index (κ1) is 13.9. The van der Waals surface area contributed by atoms with Crippen LogP contribution in [-0.4, -0.2) is 31.6 Å². The van der Waals surface area contributed by atoms with Crippen LogP contribution in [-0.2, 0) is 9.47 Å². The van der Waals surface area contributed by atoms with Gasteiger partial charge >= 0.3 is 0 Å². The van der Waals surface area contributed by atoms with Gasteiger partial charge in [0.05, 0.1) is 7.11 Å². The molecular formula is C12H20N2O3. The zero-order valence-corrected chi connectivity index (χ0v) is 10.6. The van der Waals surface area contributed by atoms with Crippen LogP contribution in [0.25, 0.3) is 0 Å². The van der Waals surface area contributed by atoms with Crippen molar-refractivity contribution in [2.24, 2.45) is 5.73 Å². The van der Waals surface area contributed by atoms with E-state index in [1.54, 1.807) is 19.4 Å². The molecule has 0 saturated heterocycles. The van der Waals surface area contributed by atoms with Crippen molar-refractivity contribution in [3.63, 3.8) is 0 Å². The third-order valence-corrected chi connectivity index (χ3v) is 2.29. The van der Waals surface area contributed by atoms with Crippen LogP contribution in [0.3, 0.4) is 0 Å². The summed E-state index contributed by atoms with van der Waals surface area (Å²) >= 11 is 0. The molecule has 96 valence electrons. The van der Waals surface area contributed by atoms with Crippen molar-refractivity contribution in [1.82, 2.24) is 4.98 Å². The first-order chi connectivity index (χ1) is 8.24. The molecule has 1 atom stereocenters. The topological polar surface area (TPSA) is 66.6 Å². The fourth-order valence-electron chi connectivity index (χ4n) is 1.54. The van der Waals surface area contributed by atoms with Gasteiger partial charge in [-0.1, -0.05) is 0 Å². The summed E-state index contributed by atoms with van der Waals surface area (Å²) in [7, 11) is 1.59. The smallest absolute Gasteiger partial charge is 0.178 e. The molecule has 5 heteroatoms. The van der Waals surface area contributed by atoms with Crippen molar-refractivity contribution < 1.29 is 14.2 Å². The van der Waals surface area contributed by atoms with E-state index in [0.717, 1.165) is 0 Å². The maximum atomic E-state index is 6.10. The van der Waals surface area contributed by atoms with Gasteiger partial charge < -0.3 is 19.9 Å². The Labute approximate surface area is 102 Å². The summed E-state index contributed by atoms with van der Waals surface area (Å²) in [6.07, 6.45) is 1.17. The van der Waals surface area contributed by atoms with E-state index in [9.17, 15) is 0 Å². The average Bonchev–Trinajstić information content (AvgIpc) is 2.37. The van der Waals surface area contributed by atoms with Gasteiger partial charge in [0.1, 0.15) is 17.5 Å². The lowest BCUT2D eigenvalue weighted by Gasteiger charge is -2.24. The molecule has 0 radical (unpaired) electrons. The van der Waals surface area contributed by atoms with Gasteiger partial charge in [-0.25, -0.2) is 0 Å². The summed E-state index contributed by atoms with van der Waals surface area (Å²) in [5, 5.41) is 0. The van der Waals surface area contributed by atoms with Gasteiger partial charge in [0.2, 0.25) is 0 Å². The van der Waals surface area contributed by atoms with E-state index in [0.29, 0.717) is 24.7 Å². The van der Waals surface area contributed by atoms with Crippen molar-refractivity contribution in [3.05, 3.63) is 24.0 Å². The third kappa shape index (κ3) is 3.66. The van der Waals surface area contributed by atoms with E-state index in [1.807, 2.05) is 19.9 Å². The number of methoxy groups -OCH3 is 1. The zero-order valence-electron chi connectivity index (χ0n) is 10.6. The van der Waals surface area contributed by atoms with Crippen molar-refractivity contribution in [2.75, 3.05) is 20.3 Å². The van der Waals surface area contributed by atoms with Crippen LogP contribution in [0.5, 0.6) is 5.75 Å². The van der Waals surface area contributed by atoms with Gasteiger partial charge in [0, 0.05) is 19.4 Å². The number of rotatable bonds is 7. The number of hydrogen-bond acceptors (Lipinski definition) is 5. The molecule has 0 aliphatic rings. The molecule has 2 N–H and O–H groups in total. The molecule has 1 unspecified atom stereocenters. The van der Waals surface area contributed by atoms with Crippen molar-refractivity contribution >= 4 is 0 Å². The van der Waals surface area contributed by atoms with Gasteiger partial charge in [-0.2, -0.15) is 0 Å². The minimum absolute atomic E-state index is 0.467. The van der Waals surface area contributed by atoms with Crippen LogP contribution in [0, 0.1) is 0 Å². The van der Waals surface area contributed by atoms with E-state index >= 15 is 0 Å². The Kier molecular flexibility index (Phi) is 5.90. The van der Waals surface area contributed by atoms with Gasteiger partial charge in [-0.15, -0.1) is 0 Å². The highest BCUT2D eigenvalue weighted by atomic mass is 16.7. The molecule has 0 saturated carbocycles. The number of aromatic nitrogens is 1. The number of nitrogens with two attached hydrogens (primary N) is 1. The maximum Gasteiger partial charge on any atom is 0.178 e. The van der Waals surface area contributed by atoms with Crippen LogP contribution < -0.4 is 10.5 Å². The van der Waals surface area contributed by atoms with Crippen molar-refractivity contribution in [3.8, 4) is 5.75 Å². The molecule has 0 aromatic carbocycles. The molecule has 1 aromatic heterocycles. The Hall–Kier alpha value is -1.17. The van der Waals surface area contributed by atoms with E-state index in [2.05, 4.69) is 4.98 Å². The summed E-state index contributed by atoms with van der Waals surface area (Å²) in [4.78, 5) is 4.22. The van der Waals surface area contributed by atoms with Crippen molar-refractivity contribution in [1.29, 1.82) is 0 Å². The minimum Gasteiger partial charge on any atom is -0.495 e. The standard InChI is InChI=1S/C12H20N2O3/c1-4-16-12(17-5-2)10(13)11-9(15-3)7-6-8-14-11/h6-8,10,12H,4-5,13H2,1-3H3. The summed E-state index contributed by atoms with van der Waals surface area (Å²) in [5.74, 6) is 0.643. The lowest BCUT2D eigenvalue weighted by molar-refractivity contribution is -0.150. The second-order valence-corrected chi connectivity index (χ2v) is 3.40. The first-order valence-corrected chi connectivity index (χ1v) is 5.72. The lowest BCUT2D eigenvalue weighted by Crippen LogP contribution is -2.32. The van der Waals surface area contributed by atoms with Gasteiger partial charge in [0.25, 0.3) is 0 Å². The Morgan fingerprint density at radius 2 is 1.94 bits per heavy atom. The van der Waals surface area contributed by atoms with Gasteiger partial charge in [0.15, 0.2) is 6.29 Å². The molecule has 1 aromatic rings. The number of hydrogen-bond donors (Lipinski definition) is 1. The van der Waals surface area contributed by atoms with Crippen LogP contribution in [0.15, 0.2) is 18.3 Å². The molecule has 0 aliphatic heterocycles. The summed E-state index contributed by atoms with van der Waals surface area (Å²) < 4.78 is 16.1. The Morgan fingerprint density at radius 1 is 1.29 bits per heavy atom. The molecule has 17 heavy (non-hydrogen) atoms. The largest absolute Gasteiger partial charge is 0.495 e. The fourth-order valence-corrected chi connectivity index (χ4v) is 1.54. The van der Waals surface area contributed by atoms with Crippen LogP contribution in [0.2, 0.25) is 0 Å². The predicted molar refractivity (Wildman–Crippen MR) is 64.8 cm³/mol. The van der Waals surface area contributed by atoms with Crippen LogP contribution >= 0.6 is 0 Å². The Bertz CT molecular complexity index is 327. The number of pyridine rings is 1. The Morgan fingerprint density at radius 3 is 2.47 bits per heavy atom. The van der Waals surface area contributed by atoms with Gasteiger partial charge in [-0.05, 0) is 26.0 Å². The van der Waals surface area contributed by atoms with Gasteiger partial charge in [-0.3, -0.25) is 4.98 Å². The summed E-state index contributed by atoms with van der Waals surface area (Å²) in [6.45, 7) is 4.86. The molecule has 1 rings (SSSR count). The predicted octanol–water partition coefficient (Wildman–Crippen LogP) is 1.49. The number of ether oxygens (including phenoxy) is 3. The average molecular weight is 240 g/mol. The number of nitrogens with zero attached hydrogens (tertiary/aromatic N) is 1. The molecular weight excluding hydrogens is 220 g/mol. The lowest BCUT2D eigenvalue weighted by atomic mass is 10.1. The van der Waals surface area contributed by atoms with E-state index in [4.69, 9.17) is 19.9 Å². The Balaban J connectivity index is 2.87. The van der Waals surface area contributed by atoms with E-state index < -0.39 is 12.3 Å². The van der Waals surface area contributed by atoms with Crippen LogP contribution in [0.4, 0.5) is 0 Å². The normalized spacial score (nSPS) is 12.8. The molecule has 1 heterocycles. The maximum absolute atomic E-state index is 6.10. The highest BCUT2D eigenvalue weighted by molar-refractivity contribution is 5.29. The van der Waals surface area contributed by atoms with Crippen LogP contribution in [0.1, 0.15) is 25.6 Å². The van der Waals surface area contributed by atoms with Crippen molar-refractivity contribution in [2.45, 2.75) is 26.2 Å². The molecule has 0 fully saturated rings. The molecule has 0 bridgehead atoms. The molecule has 0 amide bonds. The highest BCUT2D eigenvalue weighted by Crippen LogP contribution is 2.24. The quantitative estimate of drug-likeness (QED) is 0.731. The molecule has 5 nitrogen and oxygen atoms in total. The third-order valence-electron chi connectivity index (χ3n) is 2.29. The highest BCUT2D eigenvalue weighted by Gasteiger charge is 2.24. The monoisotopic (exact) mass is 240 g/mol. The molecule has 0 aliphatic carbocycles. The second kappa shape index (κ2) is 7.21. The molecule has 0 spiro atoms. The minimum atomic E-state index is -0.506. The summed E-state index contributed by atoms with van der Waals surface area (Å²) in [6, 6.07) is 3.15. The first-order valence-electron chi connectivity index (χ1n) is 5.72.